The lowest BCUT2D eigenvalue weighted by Crippen LogP contribution is -2.18. The predicted octanol–water partition coefficient (Wildman–Crippen LogP) is 5.01. The van der Waals surface area contributed by atoms with Crippen LogP contribution in [0.5, 0.6) is 0 Å². The molecule has 3 aromatic rings. The summed E-state index contributed by atoms with van der Waals surface area (Å²) in [5.74, 6) is 0.973. The maximum Gasteiger partial charge on any atom is 0.148 e. The van der Waals surface area contributed by atoms with Crippen LogP contribution < -0.4 is 5.32 Å². The van der Waals surface area contributed by atoms with Crippen molar-refractivity contribution < 1.29 is 4.42 Å². The quantitative estimate of drug-likeness (QED) is 0.720. The summed E-state index contributed by atoms with van der Waals surface area (Å²) in [6.07, 6.45) is 0.912. The molecule has 1 aromatic heterocycles. The largest absolute Gasteiger partial charge is 0.458 e. The highest BCUT2D eigenvalue weighted by Gasteiger charge is 2.16. The number of rotatable bonds is 4. The summed E-state index contributed by atoms with van der Waals surface area (Å²) < 4.78 is 7.04. The Labute approximate surface area is 133 Å². The second kappa shape index (κ2) is 6.04. The van der Waals surface area contributed by atoms with Gasteiger partial charge in [0.2, 0.25) is 0 Å². The van der Waals surface area contributed by atoms with Crippen LogP contribution in [0.3, 0.4) is 0 Å². The third-order valence-electron chi connectivity index (χ3n) is 3.73. The Morgan fingerprint density at radius 2 is 1.95 bits per heavy atom. The molecule has 0 saturated heterocycles. The van der Waals surface area contributed by atoms with Crippen LogP contribution >= 0.6 is 15.9 Å². The van der Waals surface area contributed by atoms with Gasteiger partial charge in [-0.2, -0.15) is 0 Å². The average Bonchev–Trinajstić information content (AvgIpc) is 2.90. The van der Waals surface area contributed by atoms with Gasteiger partial charge in [0.1, 0.15) is 11.3 Å². The van der Waals surface area contributed by atoms with E-state index < -0.39 is 0 Å². The Kier molecular flexibility index (Phi) is 4.13. The van der Waals surface area contributed by atoms with Crippen LogP contribution in [0.1, 0.15) is 22.9 Å². The molecule has 3 rings (SSSR count). The molecular formula is C18H18BrNO. The summed E-state index contributed by atoms with van der Waals surface area (Å²) in [5, 5.41) is 4.49. The monoisotopic (exact) mass is 343 g/mol. The van der Waals surface area contributed by atoms with Gasteiger partial charge in [-0.05, 0) is 54.0 Å². The van der Waals surface area contributed by atoms with E-state index in [2.05, 4.69) is 64.6 Å². The van der Waals surface area contributed by atoms with E-state index in [4.69, 9.17) is 4.42 Å². The molecule has 3 heteroatoms. The van der Waals surface area contributed by atoms with Gasteiger partial charge in [-0.1, -0.05) is 42.0 Å². The fraction of sp³-hybridized carbons (Fsp3) is 0.222. The summed E-state index contributed by atoms with van der Waals surface area (Å²) >= 11 is 3.54. The third-order valence-corrected chi connectivity index (χ3v) is 4.35. The number of likely N-dealkylation sites (N-methyl/N-ethyl adjacent to an activating group) is 1. The predicted molar refractivity (Wildman–Crippen MR) is 90.6 cm³/mol. The first-order chi connectivity index (χ1) is 10.2. The zero-order valence-corrected chi connectivity index (χ0v) is 13.8. The van der Waals surface area contributed by atoms with Gasteiger partial charge < -0.3 is 9.73 Å². The zero-order valence-electron chi connectivity index (χ0n) is 12.2. The molecule has 0 aliphatic rings. The second-order valence-electron chi connectivity index (χ2n) is 5.34. The molecule has 1 unspecified atom stereocenters. The van der Waals surface area contributed by atoms with E-state index in [0.29, 0.717) is 0 Å². The molecule has 1 atom stereocenters. The molecule has 0 saturated carbocycles. The van der Waals surface area contributed by atoms with E-state index in [1.165, 1.54) is 11.1 Å². The molecule has 2 nitrogen and oxygen atoms in total. The number of furan rings is 1. The van der Waals surface area contributed by atoms with Crippen molar-refractivity contribution in [3.05, 3.63) is 69.9 Å². The lowest BCUT2D eigenvalue weighted by Gasteiger charge is -2.14. The first-order valence-corrected chi connectivity index (χ1v) is 7.87. The fourth-order valence-corrected chi connectivity index (χ4v) is 3.10. The number of hydrogen-bond acceptors (Lipinski definition) is 2. The van der Waals surface area contributed by atoms with Crippen molar-refractivity contribution in [1.29, 1.82) is 0 Å². The van der Waals surface area contributed by atoms with Crippen LogP contribution in [0.2, 0.25) is 0 Å². The number of benzene rings is 2. The summed E-state index contributed by atoms with van der Waals surface area (Å²) in [5.41, 5.74) is 3.51. The lowest BCUT2D eigenvalue weighted by molar-refractivity contribution is 0.450. The van der Waals surface area contributed by atoms with E-state index in [1.54, 1.807) is 0 Å². The standard InChI is InChI=1S/C18H18BrNO/c1-12-5-3-6-13(9-12)10-16(20-2)17-11-14-7-4-8-15(19)18(14)21-17/h3-9,11,16,20H,10H2,1-2H3. The minimum atomic E-state index is 0.172. The molecule has 0 fully saturated rings. The number of fused-ring (bicyclic) bond motifs is 1. The maximum absolute atomic E-state index is 6.04. The van der Waals surface area contributed by atoms with Gasteiger partial charge in [-0.15, -0.1) is 0 Å². The first kappa shape index (κ1) is 14.4. The molecule has 21 heavy (non-hydrogen) atoms. The van der Waals surface area contributed by atoms with Gasteiger partial charge >= 0.3 is 0 Å². The Morgan fingerprint density at radius 1 is 1.14 bits per heavy atom. The third kappa shape index (κ3) is 3.04. The molecule has 0 aliphatic carbocycles. The van der Waals surface area contributed by atoms with Crippen LogP contribution in [0.25, 0.3) is 11.0 Å². The van der Waals surface area contributed by atoms with E-state index in [1.807, 2.05) is 19.2 Å². The summed E-state index contributed by atoms with van der Waals surface area (Å²) in [6.45, 7) is 2.12. The molecular weight excluding hydrogens is 326 g/mol. The Hall–Kier alpha value is -1.58. The van der Waals surface area contributed by atoms with E-state index >= 15 is 0 Å². The lowest BCUT2D eigenvalue weighted by atomic mass is 10.0. The van der Waals surface area contributed by atoms with Crippen LogP contribution in [0, 0.1) is 6.92 Å². The molecule has 1 N–H and O–H groups in total. The normalized spacial score (nSPS) is 12.7. The van der Waals surface area contributed by atoms with Gasteiger partial charge in [-0.25, -0.2) is 0 Å². The summed E-state index contributed by atoms with van der Waals surface area (Å²) in [7, 11) is 1.97. The first-order valence-electron chi connectivity index (χ1n) is 7.08. The van der Waals surface area contributed by atoms with Gasteiger partial charge in [0.05, 0.1) is 10.5 Å². The molecule has 1 heterocycles. The zero-order chi connectivity index (χ0) is 14.8. The molecule has 108 valence electrons. The van der Waals surface area contributed by atoms with Gasteiger partial charge in [0, 0.05) is 5.39 Å². The number of halogens is 1. The topological polar surface area (TPSA) is 25.2 Å². The van der Waals surface area contributed by atoms with E-state index in [-0.39, 0.29) is 6.04 Å². The molecule has 0 spiro atoms. The molecule has 0 radical (unpaired) electrons. The Bertz CT molecular complexity index is 763. The van der Waals surface area contributed by atoms with Crippen molar-refractivity contribution >= 4 is 26.9 Å². The Balaban J connectivity index is 1.93. The van der Waals surface area contributed by atoms with Gasteiger partial charge in [0.15, 0.2) is 0 Å². The average molecular weight is 344 g/mol. The number of para-hydroxylation sites is 1. The van der Waals surface area contributed by atoms with Crippen molar-refractivity contribution in [2.45, 2.75) is 19.4 Å². The van der Waals surface area contributed by atoms with Crippen LogP contribution in [-0.4, -0.2) is 7.05 Å². The van der Waals surface area contributed by atoms with Gasteiger partial charge in [-0.3, -0.25) is 0 Å². The second-order valence-corrected chi connectivity index (χ2v) is 6.20. The van der Waals surface area contributed by atoms with Crippen LogP contribution in [-0.2, 0) is 6.42 Å². The summed E-state index contributed by atoms with van der Waals surface area (Å²) in [6, 6.07) is 17.0. The smallest absolute Gasteiger partial charge is 0.148 e. The maximum atomic E-state index is 6.04. The van der Waals surface area contributed by atoms with Crippen molar-refractivity contribution in [3.63, 3.8) is 0 Å². The molecule has 0 amide bonds. The highest BCUT2D eigenvalue weighted by atomic mass is 79.9. The summed E-state index contributed by atoms with van der Waals surface area (Å²) in [4.78, 5) is 0. The number of hydrogen-bond donors (Lipinski definition) is 1. The molecule has 2 aromatic carbocycles. The SMILES string of the molecule is CNC(Cc1cccc(C)c1)c1cc2cccc(Br)c2o1. The van der Waals surface area contributed by atoms with Crippen LogP contribution in [0.4, 0.5) is 0 Å². The minimum Gasteiger partial charge on any atom is -0.458 e. The molecule has 0 aliphatic heterocycles. The van der Waals surface area contributed by atoms with Crippen molar-refractivity contribution in [1.82, 2.24) is 5.32 Å². The molecule has 0 bridgehead atoms. The van der Waals surface area contributed by atoms with E-state index in [0.717, 1.165) is 27.6 Å². The van der Waals surface area contributed by atoms with Gasteiger partial charge in [0.25, 0.3) is 0 Å². The van der Waals surface area contributed by atoms with E-state index in [9.17, 15) is 0 Å². The van der Waals surface area contributed by atoms with Crippen LogP contribution in [0.15, 0.2) is 57.4 Å². The number of aryl methyl sites for hydroxylation is 1. The highest BCUT2D eigenvalue weighted by molar-refractivity contribution is 9.10. The minimum absolute atomic E-state index is 0.172. The van der Waals surface area contributed by atoms with Crippen molar-refractivity contribution in [2.75, 3.05) is 7.05 Å². The van der Waals surface area contributed by atoms with Crippen molar-refractivity contribution in [2.24, 2.45) is 0 Å². The fourth-order valence-electron chi connectivity index (χ4n) is 2.64. The van der Waals surface area contributed by atoms with Crippen molar-refractivity contribution in [3.8, 4) is 0 Å². The Morgan fingerprint density at radius 3 is 2.67 bits per heavy atom. The highest BCUT2D eigenvalue weighted by Crippen LogP contribution is 2.30. The number of nitrogens with one attached hydrogen (secondary N) is 1.